The Morgan fingerprint density at radius 1 is 1.27 bits per heavy atom. The first kappa shape index (κ1) is 15.0. The van der Waals surface area contributed by atoms with Crippen LogP contribution in [-0.4, -0.2) is 41.2 Å². The van der Waals surface area contributed by atoms with Crippen LogP contribution in [0.3, 0.4) is 0 Å². The maximum Gasteiger partial charge on any atom is 0.255 e. The van der Waals surface area contributed by atoms with Crippen LogP contribution in [0.4, 0.5) is 4.39 Å². The Kier molecular flexibility index (Phi) is 3.68. The molecule has 0 aliphatic carbocycles. The first-order valence-corrected chi connectivity index (χ1v) is 9.26. The Morgan fingerprint density at radius 3 is 2.64 bits per heavy atom. The van der Waals surface area contributed by atoms with Crippen LogP contribution in [0.2, 0.25) is 0 Å². The molecule has 0 spiro atoms. The summed E-state index contributed by atoms with van der Waals surface area (Å²) in [7, 11) is -0.610. The molecule has 2 aliphatic heterocycles. The molecule has 1 N–H and O–H groups in total. The second kappa shape index (κ2) is 5.39. The maximum atomic E-state index is 14.1. The highest BCUT2D eigenvalue weighted by Gasteiger charge is 2.39. The molecule has 3 rings (SSSR count). The first-order valence-electron chi connectivity index (χ1n) is 7.03. The van der Waals surface area contributed by atoms with Crippen molar-refractivity contribution < 1.29 is 18.8 Å². The highest BCUT2D eigenvalue weighted by Crippen LogP contribution is 2.36. The van der Waals surface area contributed by atoms with Crippen molar-refractivity contribution in [3.05, 3.63) is 29.1 Å². The molecule has 118 valence electrons. The number of imide groups is 1. The number of rotatable bonds is 2. The molecule has 1 aromatic carbocycles. The average molecular weight is 324 g/mol. The molecule has 1 atom stereocenters. The Labute approximate surface area is 130 Å². The molecule has 22 heavy (non-hydrogen) atoms. The molecular weight excluding hydrogens is 307 g/mol. The van der Waals surface area contributed by atoms with Crippen LogP contribution in [-0.2, 0) is 16.1 Å². The lowest BCUT2D eigenvalue weighted by Crippen LogP contribution is -2.52. The third kappa shape index (κ3) is 2.39. The average Bonchev–Trinajstić information content (AvgIpc) is 2.75. The van der Waals surface area contributed by atoms with E-state index in [4.69, 9.17) is 0 Å². The standard InChI is InChI=1S/C15H17FN2O3S/c1-22(2)12-5-8-7-18(15(21)9(8)6-10(12)16)11-3-4-13(19)17-14(11)20/h5-6,11,22H,3-4,7H2,1-2H3,(H,17,19,20)/t11-/m0/s1. The van der Waals surface area contributed by atoms with Gasteiger partial charge in [-0.15, -0.1) is 0 Å². The number of fused-ring (bicyclic) bond motifs is 1. The van der Waals surface area contributed by atoms with Crippen LogP contribution < -0.4 is 5.32 Å². The molecule has 0 unspecified atom stereocenters. The van der Waals surface area contributed by atoms with Crippen molar-refractivity contribution in [1.29, 1.82) is 0 Å². The van der Waals surface area contributed by atoms with Gasteiger partial charge in [-0.25, -0.2) is 15.3 Å². The predicted octanol–water partition coefficient (Wildman–Crippen LogP) is 1.21. The fourth-order valence-corrected chi connectivity index (χ4v) is 3.82. The minimum absolute atomic E-state index is 0.214. The van der Waals surface area contributed by atoms with Gasteiger partial charge in [-0.3, -0.25) is 19.7 Å². The van der Waals surface area contributed by atoms with Gasteiger partial charge in [0.15, 0.2) is 0 Å². The Hall–Kier alpha value is -1.89. The van der Waals surface area contributed by atoms with Gasteiger partial charge in [-0.1, -0.05) is 0 Å². The number of hydrogen-bond acceptors (Lipinski definition) is 3. The largest absolute Gasteiger partial charge is 0.322 e. The van der Waals surface area contributed by atoms with E-state index in [-0.39, 0.29) is 30.6 Å². The van der Waals surface area contributed by atoms with Gasteiger partial charge in [0, 0.05) is 23.4 Å². The molecule has 0 radical (unpaired) electrons. The van der Waals surface area contributed by atoms with Crippen LogP contribution in [0, 0.1) is 5.82 Å². The molecule has 7 heteroatoms. The van der Waals surface area contributed by atoms with Crippen molar-refractivity contribution in [2.75, 3.05) is 12.5 Å². The number of nitrogens with zero attached hydrogens (tertiary/aromatic N) is 1. The Morgan fingerprint density at radius 2 is 2.00 bits per heavy atom. The molecule has 0 saturated carbocycles. The quantitative estimate of drug-likeness (QED) is 0.635. The van der Waals surface area contributed by atoms with Gasteiger partial charge in [0.25, 0.3) is 5.91 Å². The lowest BCUT2D eigenvalue weighted by Gasteiger charge is -2.29. The van der Waals surface area contributed by atoms with Crippen molar-refractivity contribution in [1.82, 2.24) is 10.2 Å². The van der Waals surface area contributed by atoms with Crippen LogP contribution in [0.25, 0.3) is 0 Å². The second-order valence-electron chi connectivity index (χ2n) is 5.76. The Balaban J connectivity index is 1.91. The van der Waals surface area contributed by atoms with E-state index in [0.717, 1.165) is 5.56 Å². The molecule has 5 nitrogen and oxygen atoms in total. The number of hydrogen-bond donors (Lipinski definition) is 2. The van der Waals surface area contributed by atoms with E-state index in [0.29, 0.717) is 16.9 Å². The molecule has 3 amide bonds. The lowest BCUT2D eigenvalue weighted by molar-refractivity contribution is -0.136. The summed E-state index contributed by atoms with van der Waals surface area (Å²) in [5.74, 6) is -1.48. The molecule has 1 saturated heterocycles. The summed E-state index contributed by atoms with van der Waals surface area (Å²) in [6.07, 6.45) is 4.43. The second-order valence-corrected chi connectivity index (χ2v) is 8.03. The zero-order valence-corrected chi connectivity index (χ0v) is 13.2. The first-order chi connectivity index (χ1) is 10.4. The summed E-state index contributed by atoms with van der Waals surface area (Å²) in [5.41, 5.74) is 1.07. The summed E-state index contributed by atoms with van der Waals surface area (Å²) in [6.45, 7) is 0.289. The molecule has 1 fully saturated rings. The minimum Gasteiger partial charge on any atom is -0.322 e. The van der Waals surface area contributed by atoms with Crippen LogP contribution in [0.15, 0.2) is 17.0 Å². The number of carbonyl (C=O) groups is 3. The summed E-state index contributed by atoms with van der Waals surface area (Å²) in [6, 6.07) is 2.36. The van der Waals surface area contributed by atoms with Crippen LogP contribution in [0.1, 0.15) is 28.8 Å². The van der Waals surface area contributed by atoms with Crippen molar-refractivity contribution >= 4 is 28.6 Å². The summed E-state index contributed by atoms with van der Waals surface area (Å²) < 4.78 is 14.1. The van der Waals surface area contributed by atoms with E-state index in [1.807, 2.05) is 12.5 Å². The number of piperidine rings is 1. The number of nitrogens with one attached hydrogen (secondary N) is 1. The molecule has 1 aromatic rings. The fourth-order valence-electron chi connectivity index (χ4n) is 2.92. The molecule has 0 bridgehead atoms. The SMILES string of the molecule is C[SH](C)c1cc2c(cc1F)C(=O)N([C@H]1CCC(=O)NC1=O)C2. The van der Waals surface area contributed by atoms with Gasteiger partial charge in [0.2, 0.25) is 11.8 Å². The van der Waals surface area contributed by atoms with E-state index in [2.05, 4.69) is 5.32 Å². The zero-order chi connectivity index (χ0) is 16.0. The van der Waals surface area contributed by atoms with E-state index in [9.17, 15) is 18.8 Å². The van der Waals surface area contributed by atoms with Gasteiger partial charge in [0.05, 0.1) is 0 Å². The summed E-state index contributed by atoms with van der Waals surface area (Å²) in [5, 5.41) is 2.25. The van der Waals surface area contributed by atoms with E-state index >= 15 is 0 Å². The minimum atomic E-state index is -0.658. The fraction of sp³-hybridized carbons (Fsp3) is 0.400. The van der Waals surface area contributed by atoms with E-state index < -0.39 is 22.8 Å². The third-order valence-corrected chi connectivity index (χ3v) is 5.38. The monoisotopic (exact) mass is 324 g/mol. The van der Waals surface area contributed by atoms with E-state index in [1.165, 1.54) is 11.0 Å². The molecule has 2 aliphatic rings. The highest BCUT2D eigenvalue weighted by atomic mass is 32.2. The van der Waals surface area contributed by atoms with Crippen LogP contribution >= 0.6 is 10.9 Å². The zero-order valence-electron chi connectivity index (χ0n) is 12.4. The highest BCUT2D eigenvalue weighted by molar-refractivity contribution is 8.15. The Bertz CT molecular complexity index is 690. The van der Waals surface area contributed by atoms with Gasteiger partial charge in [0.1, 0.15) is 11.9 Å². The summed E-state index contributed by atoms with van der Waals surface area (Å²) >= 11 is 0. The van der Waals surface area contributed by atoms with Gasteiger partial charge < -0.3 is 4.90 Å². The number of carbonyl (C=O) groups excluding carboxylic acids is 3. The maximum absolute atomic E-state index is 14.1. The number of thiol groups is 1. The van der Waals surface area contributed by atoms with Crippen molar-refractivity contribution in [3.8, 4) is 0 Å². The van der Waals surface area contributed by atoms with Crippen molar-refractivity contribution in [2.24, 2.45) is 0 Å². The normalized spacial score (nSPS) is 21.8. The molecular formula is C15H17FN2O3S. The smallest absolute Gasteiger partial charge is 0.255 e. The number of benzene rings is 1. The molecule has 0 aromatic heterocycles. The van der Waals surface area contributed by atoms with Gasteiger partial charge >= 0.3 is 0 Å². The summed E-state index contributed by atoms with van der Waals surface area (Å²) in [4.78, 5) is 37.7. The van der Waals surface area contributed by atoms with E-state index in [1.54, 1.807) is 6.07 Å². The topological polar surface area (TPSA) is 66.5 Å². The third-order valence-electron chi connectivity index (χ3n) is 4.07. The van der Waals surface area contributed by atoms with Crippen LogP contribution in [0.5, 0.6) is 0 Å². The lowest BCUT2D eigenvalue weighted by atomic mass is 10.0. The van der Waals surface area contributed by atoms with Gasteiger partial charge in [-0.05, 0) is 36.6 Å². The van der Waals surface area contributed by atoms with Gasteiger partial charge in [-0.2, -0.15) is 0 Å². The van der Waals surface area contributed by atoms with Crippen molar-refractivity contribution in [3.63, 3.8) is 0 Å². The molecule has 2 heterocycles. The number of amides is 3. The number of halogens is 1. The predicted molar refractivity (Wildman–Crippen MR) is 81.5 cm³/mol. The van der Waals surface area contributed by atoms with Crippen molar-refractivity contribution in [2.45, 2.75) is 30.3 Å².